The molecule has 0 aliphatic heterocycles. The highest BCUT2D eigenvalue weighted by molar-refractivity contribution is 6.01. The second kappa shape index (κ2) is 6.91. The minimum atomic E-state index is -0.459. The van der Waals surface area contributed by atoms with Gasteiger partial charge in [-0.3, -0.25) is 9.89 Å². The number of nitrogens with zero attached hydrogens (tertiary/aromatic N) is 2. The molecule has 3 N–H and O–H groups in total. The highest BCUT2D eigenvalue weighted by Crippen LogP contribution is 2.26. The number of hydrogen-bond acceptors (Lipinski definition) is 6. The second-order valence-corrected chi connectivity index (χ2v) is 5.17. The molecule has 0 radical (unpaired) electrons. The highest BCUT2D eigenvalue weighted by Gasteiger charge is 2.12. The molecule has 3 aromatic rings. The fraction of sp³-hybridized carbons (Fsp3) is 0.118. The van der Waals surface area contributed by atoms with Crippen molar-refractivity contribution in [1.29, 1.82) is 0 Å². The summed E-state index contributed by atoms with van der Waals surface area (Å²) >= 11 is 0. The molecule has 1 amide bonds. The number of hydrogen-bond donors (Lipinski definition) is 3. The van der Waals surface area contributed by atoms with Crippen LogP contribution >= 0.6 is 0 Å². The van der Waals surface area contributed by atoms with Crippen LogP contribution in [0.5, 0.6) is 11.5 Å². The van der Waals surface area contributed by atoms with Gasteiger partial charge in [0, 0.05) is 11.6 Å². The summed E-state index contributed by atoms with van der Waals surface area (Å²) in [5.41, 5.74) is 4.47. The van der Waals surface area contributed by atoms with Crippen molar-refractivity contribution in [2.45, 2.75) is 6.92 Å². The van der Waals surface area contributed by atoms with Crippen molar-refractivity contribution >= 4 is 11.6 Å². The van der Waals surface area contributed by atoms with E-state index in [9.17, 15) is 9.90 Å². The van der Waals surface area contributed by atoms with Crippen LogP contribution in [0, 0.1) is 0 Å². The molecule has 3 rings (SSSR count). The fourth-order valence-electron chi connectivity index (χ4n) is 2.16. The van der Waals surface area contributed by atoms with E-state index < -0.39 is 5.91 Å². The lowest BCUT2D eigenvalue weighted by Crippen LogP contribution is -2.19. The number of amides is 1. The number of phenolic OH excluding ortho intramolecular Hbond substituents is 1. The van der Waals surface area contributed by atoms with E-state index in [-0.39, 0.29) is 11.4 Å². The predicted molar refractivity (Wildman–Crippen MR) is 90.6 cm³/mol. The molecule has 0 saturated carbocycles. The van der Waals surface area contributed by atoms with Crippen molar-refractivity contribution < 1.29 is 19.1 Å². The fourth-order valence-corrected chi connectivity index (χ4v) is 2.16. The van der Waals surface area contributed by atoms with E-state index in [4.69, 9.17) is 9.15 Å². The summed E-state index contributed by atoms with van der Waals surface area (Å²) in [6, 6.07) is 9.88. The molecule has 0 aliphatic rings. The number of phenols is 1. The van der Waals surface area contributed by atoms with Gasteiger partial charge in [0.1, 0.15) is 5.69 Å². The maximum absolute atomic E-state index is 12.1. The van der Waals surface area contributed by atoms with Crippen molar-refractivity contribution in [2.24, 2.45) is 5.10 Å². The molecular weight excluding hydrogens is 324 g/mol. The average molecular weight is 340 g/mol. The Morgan fingerprint density at radius 1 is 1.36 bits per heavy atom. The van der Waals surface area contributed by atoms with Crippen LogP contribution in [0.3, 0.4) is 0 Å². The van der Waals surface area contributed by atoms with E-state index in [0.29, 0.717) is 28.5 Å². The van der Waals surface area contributed by atoms with Gasteiger partial charge in [-0.05, 0) is 37.3 Å². The molecule has 8 heteroatoms. The Hall–Kier alpha value is -3.55. The second-order valence-electron chi connectivity index (χ2n) is 5.17. The average Bonchev–Trinajstić information content (AvgIpc) is 3.30. The zero-order chi connectivity index (χ0) is 17.8. The Morgan fingerprint density at radius 2 is 2.20 bits per heavy atom. The highest BCUT2D eigenvalue weighted by atomic mass is 16.5. The Balaban J connectivity index is 1.71. The minimum Gasteiger partial charge on any atom is -0.504 e. The third-order valence-electron chi connectivity index (χ3n) is 3.52. The van der Waals surface area contributed by atoms with Gasteiger partial charge in [0.25, 0.3) is 5.91 Å². The van der Waals surface area contributed by atoms with Crippen LogP contribution in [0.4, 0.5) is 0 Å². The first kappa shape index (κ1) is 16.3. The van der Waals surface area contributed by atoms with Crippen LogP contribution in [0.2, 0.25) is 0 Å². The van der Waals surface area contributed by atoms with Crippen LogP contribution in [-0.2, 0) is 0 Å². The van der Waals surface area contributed by atoms with Crippen LogP contribution in [0.25, 0.3) is 11.5 Å². The summed E-state index contributed by atoms with van der Waals surface area (Å²) < 4.78 is 10.3. The number of aromatic nitrogens is 2. The largest absolute Gasteiger partial charge is 0.504 e. The summed E-state index contributed by atoms with van der Waals surface area (Å²) in [4.78, 5) is 12.1. The van der Waals surface area contributed by atoms with Crippen molar-refractivity contribution in [3.05, 3.63) is 53.9 Å². The van der Waals surface area contributed by atoms with Crippen molar-refractivity contribution in [2.75, 3.05) is 7.11 Å². The molecule has 2 aromatic heterocycles. The van der Waals surface area contributed by atoms with Gasteiger partial charge >= 0.3 is 0 Å². The Morgan fingerprint density at radius 3 is 2.92 bits per heavy atom. The summed E-state index contributed by atoms with van der Waals surface area (Å²) in [5.74, 6) is 0.486. The van der Waals surface area contributed by atoms with Gasteiger partial charge in [-0.25, -0.2) is 5.43 Å². The summed E-state index contributed by atoms with van der Waals surface area (Å²) in [6.45, 7) is 1.73. The standard InChI is InChI=1S/C17H16N4O4/c1-10(11-5-6-14(22)16(8-11)24-2)18-21-17(23)13-9-12(19-20-13)15-4-3-7-25-15/h3-9,22H,1-2H3,(H,19,20)(H,21,23). The number of aromatic amines is 1. The lowest BCUT2D eigenvalue weighted by molar-refractivity contribution is 0.0950. The quantitative estimate of drug-likeness (QED) is 0.488. The topological polar surface area (TPSA) is 113 Å². The molecule has 0 fully saturated rings. The van der Waals surface area contributed by atoms with Crippen molar-refractivity contribution in [3.63, 3.8) is 0 Å². The van der Waals surface area contributed by atoms with Crippen molar-refractivity contribution in [3.8, 4) is 23.0 Å². The number of rotatable bonds is 5. The summed E-state index contributed by atoms with van der Waals surface area (Å²) in [5, 5.41) is 20.3. The number of benzene rings is 1. The van der Waals surface area contributed by atoms with E-state index in [2.05, 4.69) is 20.7 Å². The number of carbonyl (C=O) groups is 1. The lowest BCUT2D eigenvalue weighted by atomic mass is 10.1. The SMILES string of the molecule is COc1cc(C(C)=NNC(=O)c2cc(-c3ccco3)[nH]n2)ccc1O. The first-order valence-electron chi connectivity index (χ1n) is 7.40. The zero-order valence-corrected chi connectivity index (χ0v) is 13.6. The third kappa shape index (κ3) is 3.52. The molecule has 0 spiro atoms. The number of nitrogens with one attached hydrogen (secondary N) is 2. The zero-order valence-electron chi connectivity index (χ0n) is 13.6. The van der Waals surface area contributed by atoms with E-state index >= 15 is 0 Å². The molecule has 0 bridgehead atoms. The number of ether oxygens (including phenoxy) is 1. The maximum atomic E-state index is 12.1. The number of aromatic hydroxyl groups is 1. The molecule has 8 nitrogen and oxygen atoms in total. The van der Waals surface area contributed by atoms with E-state index in [1.165, 1.54) is 19.4 Å². The van der Waals surface area contributed by atoms with Gasteiger partial charge in [0.2, 0.25) is 0 Å². The van der Waals surface area contributed by atoms with Gasteiger partial charge in [-0.15, -0.1) is 0 Å². The molecular formula is C17H16N4O4. The van der Waals surface area contributed by atoms with E-state index in [0.717, 1.165) is 0 Å². The van der Waals surface area contributed by atoms with Crippen LogP contribution in [0.15, 0.2) is 52.2 Å². The van der Waals surface area contributed by atoms with Gasteiger partial charge in [0.05, 0.1) is 19.1 Å². The normalized spacial score (nSPS) is 11.4. The Labute approximate surface area is 143 Å². The molecule has 1 aromatic carbocycles. The van der Waals surface area contributed by atoms with Gasteiger partial charge in [-0.1, -0.05) is 0 Å². The number of furan rings is 1. The number of hydrazone groups is 1. The number of carbonyl (C=O) groups excluding carboxylic acids is 1. The molecule has 25 heavy (non-hydrogen) atoms. The van der Waals surface area contributed by atoms with E-state index in [1.807, 2.05) is 0 Å². The molecule has 0 atom stereocenters. The lowest BCUT2D eigenvalue weighted by Gasteiger charge is -2.06. The first-order valence-corrected chi connectivity index (χ1v) is 7.40. The molecule has 2 heterocycles. The Bertz CT molecular complexity index is 913. The van der Waals surface area contributed by atoms with Crippen molar-refractivity contribution in [1.82, 2.24) is 15.6 Å². The van der Waals surface area contributed by atoms with Gasteiger partial charge in [-0.2, -0.15) is 10.2 Å². The molecule has 0 aliphatic carbocycles. The maximum Gasteiger partial charge on any atom is 0.291 e. The number of H-pyrrole nitrogens is 1. The van der Waals surface area contributed by atoms with Crippen LogP contribution < -0.4 is 10.2 Å². The molecule has 0 unspecified atom stereocenters. The smallest absolute Gasteiger partial charge is 0.291 e. The number of methoxy groups -OCH3 is 1. The predicted octanol–water partition coefficient (Wildman–Crippen LogP) is 2.54. The minimum absolute atomic E-state index is 0.0325. The summed E-state index contributed by atoms with van der Waals surface area (Å²) in [7, 11) is 1.46. The Kier molecular flexibility index (Phi) is 4.51. The van der Waals surface area contributed by atoms with Crippen LogP contribution in [-0.4, -0.2) is 34.0 Å². The monoisotopic (exact) mass is 340 g/mol. The molecule has 0 saturated heterocycles. The first-order chi connectivity index (χ1) is 12.1. The summed E-state index contributed by atoms with van der Waals surface area (Å²) in [6.07, 6.45) is 1.54. The van der Waals surface area contributed by atoms with E-state index in [1.54, 1.807) is 37.3 Å². The molecule has 128 valence electrons. The van der Waals surface area contributed by atoms with Gasteiger partial charge in [0.15, 0.2) is 23.0 Å². The van der Waals surface area contributed by atoms with Gasteiger partial charge < -0.3 is 14.3 Å². The van der Waals surface area contributed by atoms with Crippen LogP contribution in [0.1, 0.15) is 23.0 Å². The third-order valence-corrected chi connectivity index (χ3v) is 3.52.